The molecule has 0 unspecified atom stereocenters. The van der Waals surface area contributed by atoms with Gasteiger partial charge in [-0.15, -0.1) is 0 Å². The number of anilines is 1. The number of nitrogens with one attached hydrogen (secondary N) is 1. The predicted octanol–water partition coefficient (Wildman–Crippen LogP) is 4.19. The number of rotatable bonds is 7. The number of hydrogen-bond acceptors (Lipinski definition) is 3. The van der Waals surface area contributed by atoms with E-state index in [1.54, 1.807) is 6.20 Å². The van der Waals surface area contributed by atoms with Crippen molar-refractivity contribution in [3.8, 4) is 0 Å². The maximum Gasteiger partial charge on any atom is 0.222 e. The number of nitrogens with zero attached hydrogens (tertiary/aromatic N) is 2. The lowest BCUT2D eigenvalue weighted by Gasteiger charge is -2.18. The van der Waals surface area contributed by atoms with Gasteiger partial charge in [0.15, 0.2) is 0 Å². The largest absolute Gasteiger partial charge is 0.384 e. The number of hydrogen-bond donors (Lipinski definition) is 1. The third-order valence-electron chi connectivity index (χ3n) is 3.70. The third-order valence-corrected chi connectivity index (χ3v) is 3.93. The third kappa shape index (κ3) is 5.10. The fourth-order valence-electron chi connectivity index (χ4n) is 2.44. The SMILES string of the molecule is CC(C)CC(=O)N(C)CCCNc1ccnc2cc(Cl)ccc12. The molecule has 0 aliphatic rings. The van der Waals surface area contributed by atoms with Crippen LogP contribution < -0.4 is 5.32 Å². The summed E-state index contributed by atoms with van der Waals surface area (Å²) in [6.07, 6.45) is 3.29. The summed E-state index contributed by atoms with van der Waals surface area (Å²) in [6.45, 7) is 5.69. The van der Waals surface area contributed by atoms with Gasteiger partial charge in [0.05, 0.1) is 5.52 Å². The molecular formula is C18H24ClN3O. The number of amides is 1. The normalized spacial score (nSPS) is 11.0. The van der Waals surface area contributed by atoms with Crippen molar-refractivity contribution in [1.82, 2.24) is 9.88 Å². The van der Waals surface area contributed by atoms with E-state index < -0.39 is 0 Å². The Hall–Kier alpha value is -1.81. The van der Waals surface area contributed by atoms with Crippen molar-refractivity contribution >= 4 is 34.1 Å². The first-order valence-corrected chi connectivity index (χ1v) is 8.37. The summed E-state index contributed by atoms with van der Waals surface area (Å²) < 4.78 is 0. The van der Waals surface area contributed by atoms with E-state index >= 15 is 0 Å². The highest BCUT2D eigenvalue weighted by atomic mass is 35.5. The van der Waals surface area contributed by atoms with E-state index in [2.05, 4.69) is 24.1 Å². The monoisotopic (exact) mass is 333 g/mol. The molecule has 23 heavy (non-hydrogen) atoms. The number of fused-ring (bicyclic) bond motifs is 1. The minimum Gasteiger partial charge on any atom is -0.384 e. The average molecular weight is 334 g/mol. The molecule has 124 valence electrons. The fraction of sp³-hybridized carbons (Fsp3) is 0.444. The number of carbonyl (C=O) groups is 1. The van der Waals surface area contributed by atoms with Crippen molar-refractivity contribution in [2.75, 3.05) is 25.5 Å². The van der Waals surface area contributed by atoms with Crippen LogP contribution in [0.15, 0.2) is 30.5 Å². The van der Waals surface area contributed by atoms with Crippen LogP contribution in [-0.4, -0.2) is 35.9 Å². The summed E-state index contributed by atoms with van der Waals surface area (Å²) in [5.41, 5.74) is 1.93. The Morgan fingerprint density at radius 2 is 2.13 bits per heavy atom. The highest BCUT2D eigenvalue weighted by Gasteiger charge is 2.10. The second kappa shape index (κ2) is 8.16. The number of aromatic nitrogens is 1. The van der Waals surface area contributed by atoms with Gasteiger partial charge in [-0.2, -0.15) is 0 Å². The van der Waals surface area contributed by atoms with Crippen molar-refractivity contribution < 1.29 is 4.79 Å². The standard InChI is InChI=1S/C18H24ClN3O/c1-13(2)11-18(23)22(3)10-4-8-20-16-7-9-21-17-12-14(19)5-6-15(16)17/h5-7,9,12-13H,4,8,10-11H2,1-3H3,(H,20,21). The van der Waals surface area contributed by atoms with Crippen LogP contribution in [-0.2, 0) is 4.79 Å². The second-order valence-corrected chi connectivity index (χ2v) is 6.65. The van der Waals surface area contributed by atoms with Crippen molar-refractivity contribution in [2.45, 2.75) is 26.7 Å². The minimum atomic E-state index is 0.212. The number of pyridine rings is 1. The van der Waals surface area contributed by atoms with E-state index in [0.29, 0.717) is 17.4 Å². The molecule has 1 heterocycles. The summed E-state index contributed by atoms with van der Waals surface area (Å²) in [5, 5.41) is 5.17. The van der Waals surface area contributed by atoms with Crippen LogP contribution in [0.3, 0.4) is 0 Å². The first kappa shape index (κ1) is 17.5. The van der Waals surface area contributed by atoms with Crippen molar-refractivity contribution in [3.05, 3.63) is 35.5 Å². The lowest BCUT2D eigenvalue weighted by molar-refractivity contribution is -0.130. The molecule has 5 heteroatoms. The summed E-state index contributed by atoms with van der Waals surface area (Å²) in [5.74, 6) is 0.613. The summed E-state index contributed by atoms with van der Waals surface area (Å²) >= 11 is 6.00. The minimum absolute atomic E-state index is 0.212. The molecule has 1 amide bonds. The van der Waals surface area contributed by atoms with E-state index in [1.165, 1.54) is 0 Å². The van der Waals surface area contributed by atoms with Gasteiger partial charge in [-0.1, -0.05) is 25.4 Å². The molecule has 0 saturated heterocycles. The Morgan fingerprint density at radius 3 is 2.87 bits per heavy atom. The quantitative estimate of drug-likeness (QED) is 0.772. The van der Waals surface area contributed by atoms with Gasteiger partial charge in [-0.05, 0) is 36.6 Å². The van der Waals surface area contributed by atoms with Gasteiger partial charge >= 0.3 is 0 Å². The van der Waals surface area contributed by atoms with Crippen molar-refractivity contribution in [1.29, 1.82) is 0 Å². The van der Waals surface area contributed by atoms with Gasteiger partial charge < -0.3 is 10.2 Å². The topological polar surface area (TPSA) is 45.2 Å². The highest BCUT2D eigenvalue weighted by Crippen LogP contribution is 2.24. The van der Waals surface area contributed by atoms with E-state index in [9.17, 15) is 4.79 Å². The Labute approximate surface area is 142 Å². The second-order valence-electron chi connectivity index (χ2n) is 6.21. The summed E-state index contributed by atoms with van der Waals surface area (Å²) in [4.78, 5) is 18.1. The van der Waals surface area contributed by atoms with Crippen LogP contribution in [0.4, 0.5) is 5.69 Å². The lowest BCUT2D eigenvalue weighted by Crippen LogP contribution is -2.29. The molecule has 0 aliphatic carbocycles. The lowest BCUT2D eigenvalue weighted by atomic mass is 10.1. The molecule has 0 radical (unpaired) electrons. The molecule has 1 N–H and O–H groups in total. The van der Waals surface area contributed by atoms with E-state index in [0.717, 1.165) is 36.1 Å². The molecule has 2 rings (SSSR count). The molecule has 0 spiro atoms. The van der Waals surface area contributed by atoms with Gasteiger partial charge in [0.1, 0.15) is 0 Å². The molecule has 2 aromatic rings. The molecule has 0 aliphatic heterocycles. The first-order chi connectivity index (χ1) is 11.0. The zero-order chi connectivity index (χ0) is 16.8. The Kier molecular flexibility index (Phi) is 6.22. The fourth-order valence-corrected chi connectivity index (χ4v) is 2.61. The predicted molar refractivity (Wildman–Crippen MR) is 97.0 cm³/mol. The van der Waals surface area contributed by atoms with Gasteiger partial charge in [0, 0.05) is 48.9 Å². The van der Waals surface area contributed by atoms with Gasteiger partial charge in [-0.25, -0.2) is 0 Å². The van der Waals surface area contributed by atoms with Crippen LogP contribution in [0.25, 0.3) is 10.9 Å². The van der Waals surface area contributed by atoms with Crippen LogP contribution >= 0.6 is 11.6 Å². The smallest absolute Gasteiger partial charge is 0.222 e. The molecule has 1 aromatic carbocycles. The number of halogens is 1. The Morgan fingerprint density at radius 1 is 1.35 bits per heavy atom. The van der Waals surface area contributed by atoms with Crippen molar-refractivity contribution in [3.63, 3.8) is 0 Å². The first-order valence-electron chi connectivity index (χ1n) is 7.99. The van der Waals surface area contributed by atoms with E-state index in [-0.39, 0.29) is 5.91 Å². The number of carbonyl (C=O) groups excluding carboxylic acids is 1. The van der Waals surface area contributed by atoms with Crippen LogP contribution in [0.1, 0.15) is 26.7 Å². The number of benzene rings is 1. The maximum absolute atomic E-state index is 11.9. The van der Waals surface area contributed by atoms with Gasteiger partial charge in [0.25, 0.3) is 0 Å². The molecule has 1 aromatic heterocycles. The zero-order valence-electron chi connectivity index (χ0n) is 14.0. The van der Waals surface area contributed by atoms with Crippen molar-refractivity contribution in [2.24, 2.45) is 5.92 Å². The van der Waals surface area contributed by atoms with Gasteiger partial charge in [-0.3, -0.25) is 9.78 Å². The molecule has 0 atom stereocenters. The zero-order valence-corrected chi connectivity index (χ0v) is 14.7. The average Bonchev–Trinajstić information content (AvgIpc) is 2.50. The Balaban J connectivity index is 1.86. The summed E-state index contributed by atoms with van der Waals surface area (Å²) in [7, 11) is 1.87. The summed E-state index contributed by atoms with van der Waals surface area (Å²) in [6, 6.07) is 7.67. The molecule has 0 bridgehead atoms. The van der Waals surface area contributed by atoms with Crippen LogP contribution in [0.2, 0.25) is 5.02 Å². The molecular weight excluding hydrogens is 310 g/mol. The molecule has 0 saturated carbocycles. The van der Waals surface area contributed by atoms with Gasteiger partial charge in [0.2, 0.25) is 5.91 Å². The van der Waals surface area contributed by atoms with E-state index in [4.69, 9.17) is 11.6 Å². The van der Waals surface area contributed by atoms with Crippen LogP contribution in [0.5, 0.6) is 0 Å². The van der Waals surface area contributed by atoms with E-state index in [1.807, 2.05) is 36.2 Å². The molecule has 0 fully saturated rings. The molecule has 4 nitrogen and oxygen atoms in total. The Bertz CT molecular complexity index is 672. The highest BCUT2D eigenvalue weighted by molar-refractivity contribution is 6.31. The van der Waals surface area contributed by atoms with Crippen LogP contribution in [0, 0.1) is 5.92 Å². The maximum atomic E-state index is 11.9.